The number of hydrogen-bond donors (Lipinski definition) is 2. The Labute approximate surface area is 152 Å². The molecule has 1 aromatic heterocycles. The van der Waals surface area contributed by atoms with Gasteiger partial charge in [-0.2, -0.15) is 5.26 Å². The fourth-order valence-corrected chi connectivity index (χ4v) is 3.55. The molecule has 8 heteroatoms. The number of amides is 1. The molecule has 0 spiro atoms. The van der Waals surface area contributed by atoms with Gasteiger partial charge in [0.2, 0.25) is 11.9 Å². The van der Waals surface area contributed by atoms with Crippen molar-refractivity contribution in [1.29, 1.82) is 5.26 Å². The standard InChI is InChI=1S/C18H21N7O/c1-21-11-13(10-20)23-18-22-7-5-16(24-18)12-8-14-2-3-15(9-12)25(14)17(26)4-6-19/h5,7-8,10-11,14-15H,2-4,9,20H2,1H3,(H,22,23,24). The quantitative estimate of drug-likeness (QED) is 0.775. The van der Waals surface area contributed by atoms with E-state index >= 15 is 0 Å². The smallest absolute Gasteiger partial charge is 0.237 e. The topological polar surface area (TPSA) is 120 Å². The van der Waals surface area contributed by atoms with Crippen LogP contribution in [0.25, 0.3) is 5.57 Å². The molecule has 3 N–H and O–H groups in total. The zero-order valence-electron chi connectivity index (χ0n) is 14.6. The number of allylic oxidation sites excluding steroid dienone is 1. The van der Waals surface area contributed by atoms with Crippen LogP contribution in [-0.2, 0) is 4.79 Å². The highest BCUT2D eigenvalue weighted by atomic mass is 16.2. The number of fused-ring (bicyclic) bond motifs is 2. The molecule has 8 nitrogen and oxygen atoms in total. The summed E-state index contributed by atoms with van der Waals surface area (Å²) in [6, 6.07) is 4.00. The number of anilines is 1. The van der Waals surface area contributed by atoms with Gasteiger partial charge >= 0.3 is 0 Å². The molecule has 0 saturated carbocycles. The molecule has 134 valence electrons. The third kappa shape index (κ3) is 3.57. The third-order valence-electron chi connectivity index (χ3n) is 4.60. The Morgan fingerprint density at radius 3 is 3.12 bits per heavy atom. The van der Waals surface area contributed by atoms with Gasteiger partial charge in [-0.15, -0.1) is 0 Å². The molecule has 2 aliphatic rings. The van der Waals surface area contributed by atoms with Gasteiger partial charge in [-0.1, -0.05) is 6.08 Å². The lowest BCUT2D eigenvalue weighted by molar-refractivity contribution is -0.132. The molecular weight excluding hydrogens is 330 g/mol. The highest BCUT2D eigenvalue weighted by molar-refractivity contribution is 5.82. The maximum Gasteiger partial charge on any atom is 0.237 e. The number of aromatic nitrogens is 2. The lowest BCUT2D eigenvalue weighted by Crippen LogP contribution is -2.42. The third-order valence-corrected chi connectivity index (χ3v) is 4.60. The highest BCUT2D eigenvalue weighted by Crippen LogP contribution is 2.38. The molecule has 3 heterocycles. The summed E-state index contributed by atoms with van der Waals surface area (Å²) in [5.74, 6) is 0.354. The SMILES string of the molecule is CN=CC(=CN)Nc1nccc(C2=CC3CCC(C2)N3C(=O)CC#N)n1. The molecule has 0 aliphatic carbocycles. The number of nitrogens with two attached hydrogens (primary N) is 1. The van der Waals surface area contributed by atoms with E-state index in [0.717, 1.165) is 30.5 Å². The van der Waals surface area contributed by atoms with E-state index in [0.29, 0.717) is 11.6 Å². The molecule has 1 aromatic rings. The monoisotopic (exact) mass is 351 g/mol. The van der Waals surface area contributed by atoms with Gasteiger partial charge in [-0.25, -0.2) is 9.97 Å². The van der Waals surface area contributed by atoms with E-state index in [2.05, 4.69) is 26.4 Å². The number of nitriles is 1. The van der Waals surface area contributed by atoms with Crippen molar-refractivity contribution in [3.8, 4) is 6.07 Å². The van der Waals surface area contributed by atoms with Gasteiger partial charge in [0.05, 0.1) is 23.5 Å². The zero-order valence-corrected chi connectivity index (χ0v) is 14.6. The number of hydrogen-bond acceptors (Lipinski definition) is 7. The van der Waals surface area contributed by atoms with Crippen LogP contribution in [-0.4, -0.2) is 46.1 Å². The van der Waals surface area contributed by atoms with E-state index in [1.807, 2.05) is 17.0 Å². The predicted molar refractivity (Wildman–Crippen MR) is 98.8 cm³/mol. The maximum atomic E-state index is 12.2. The summed E-state index contributed by atoms with van der Waals surface area (Å²) in [6.07, 6.45) is 9.33. The number of rotatable bonds is 5. The molecule has 2 unspecified atom stereocenters. The minimum Gasteiger partial charge on any atom is -0.403 e. The van der Waals surface area contributed by atoms with Gasteiger partial charge in [0.1, 0.15) is 6.42 Å². The van der Waals surface area contributed by atoms with Crippen molar-refractivity contribution < 1.29 is 4.79 Å². The van der Waals surface area contributed by atoms with E-state index in [-0.39, 0.29) is 24.4 Å². The van der Waals surface area contributed by atoms with Crippen molar-refractivity contribution in [2.45, 2.75) is 37.8 Å². The number of nitrogens with zero attached hydrogens (tertiary/aromatic N) is 5. The summed E-state index contributed by atoms with van der Waals surface area (Å²) < 4.78 is 0. The summed E-state index contributed by atoms with van der Waals surface area (Å²) >= 11 is 0. The molecule has 26 heavy (non-hydrogen) atoms. The Kier molecular flexibility index (Phi) is 5.27. The summed E-state index contributed by atoms with van der Waals surface area (Å²) in [5.41, 5.74) is 8.10. The number of carbonyl (C=O) groups is 1. The van der Waals surface area contributed by atoms with Crippen LogP contribution >= 0.6 is 0 Å². The van der Waals surface area contributed by atoms with E-state index in [1.54, 1.807) is 19.5 Å². The summed E-state index contributed by atoms with van der Waals surface area (Å²) in [7, 11) is 1.66. The molecule has 0 radical (unpaired) electrons. The van der Waals surface area contributed by atoms with Gasteiger partial charge in [0, 0.05) is 31.7 Å². The lowest BCUT2D eigenvalue weighted by Gasteiger charge is -2.33. The zero-order chi connectivity index (χ0) is 18.5. The van der Waals surface area contributed by atoms with Crippen molar-refractivity contribution >= 4 is 23.6 Å². The van der Waals surface area contributed by atoms with Crippen LogP contribution in [0.5, 0.6) is 0 Å². The second kappa shape index (κ2) is 7.78. The molecule has 2 aliphatic heterocycles. The Hall–Kier alpha value is -3.21. The molecule has 1 amide bonds. The average Bonchev–Trinajstić information content (AvgIpc) is 2.91. The fraction of sp³-hybridized carbons (Fsp3) is 0.389. The molecular formula is C18H21N7O. The Morgan fingerprint density at radius 1 is 1.58 bits per heavy atom. The first-order valence-electron chi connectivity index (χ1n) is 8.49. The van der Waals surface area contributed by atoms with Gasteiger partial charge in [-0.3, -0.25) is 9.79 Å². The second-order valence-electron chi connectivity index (χ2n) is 6.23. The fourth-order valence-electron chi connectivity index (χ4n) is 3.55. The van der Waals surface area contributed by atoms with Crippen molar-refractivity contribution in [2.75, 3.05) is 12.4 Å². The lowest BCUT2D eigenvalue weighted by atomic mass is 9.98. The highest BCUT2D eigenvalue weighted by Gasteiger charge is 2.39. The first-order chi connectivity index (χ1) is 12.7. The van der Waals surface area contributed by atoms with Crippen LogP contribution in [0.4, 0.5) is 5.95 Å². The van der Waals surface area contributed by atoms with Crippen molar-refractivity contribution in [1.82, 2.24) is 14.9 Å². The largest absolute Gasteiger partial charge is 0.403 e. The molecule has 1 fully saturated rings. The number of aliphatic imine (C=N–C) groups is 1. The Bertz CT molecular complexity index is 821. The van der Waals surface area contributed by atoms with Crippen LogP contribution in [0, 0.1) is 11.3 Å². The molecule has 2 bridgehead atoms. The van der Waals surface area contributed by atoms with E-state index in [4.69, 9.17) is 11.0 Å². The Balaban J connectivity index is 1.81. The predicted octanol–water partition coefficient (Wildman–Crippen LogP) is 1.45. The van der Waals surface area contributed by atoms with Gasteiger partial charge in [-0.05, 0) is 30.9 Å². The number of carbonyl (C=O) groups excluding carboxylic acids is 1. The minimum atomic E-state index is -0.0862. The van der Waals surface area contributed by atoms with E-state index in [1.165, 1.54) is 6.20 Å². The molecule has 3 rings (SSSR count). The van der Waals surface area contributed by atoms with Gasteiger partial charge < -0.3 is 16.0 Å². The molecule has 0 aromatic carbocycles. The van der Waals surface area contributed by atoms with Crippen molar-refractivity contribution in [3.05, 3.63) is 35.9 Å². The average molecular weight is 351 g/mol. The van der Waals surface area contributed by atoms with Crippen LogP contribution in [0.2, 0.25) is 0 Å². The van der Waals surface area contributed by atoms with E-state index in [9.17, 15) is 4.79 Å². The van der Waals surface area contributed by atoms with E-state index < -0.39 is 0 Å². The summed E-state index contributed by atoms with van der Waals surface area (Å²) in [5, 5.41) is 11.8. The van der Waals surface area contributed by atoms with Crippen LogP contribution < -0.4 is 11.1 Å². The number of nitrogens with one attached hydrogen (secondary N) is 1. The van der Waals surface area contributed by atoms with Crippen molar-refractivity contribution in [2.24, 2.45) is 10.7 Å². The van der Waals surface area contributed by atoms with Gasteiger partial charge in [0.15, 0.2) is 0 Å². The minimum absolute atomic E-state index is 0.0442. The normalized spacial score (nSPS) is 22.2. The first-order valence-corrected chi connectivity index (χ1v) is 8.49. The molecule has 2 atom stereocenters. The van der Waals surface area contributed by atoms with Crippen molar-refractivity contribution in [3.63, 3.8) is 0 Å². The Morgan fingerprint density at radius 2 is 2.42 bits per heavy atom. The van der Waals surface area contributed by atoms with Crippen LogP contribution in [0.3, 0.4) is 0 Å². The summed E-state index contributed by atoms with van der Waals surface area (Å²) in [4.78, 5) is 26.7. The second-order valence-corrected chi connectivity index (χ2v) is 6.23. The van der Waals surface area contributed by atoms with Crippen LogP contribution in [0.15, 0.2) is 35.2 Å². The maximum absolute atomic E-state index is 12.2. The van der Waals surface area contributed by atoms with Crippen LogP contribution in [0.1, 0.15) is 31.4 Å². The summed E-state index contributed by atoms with van der Waals surface area (Å²) in [6.45, 7) is 0. The molecule has 1 saturated heterocycles. The first kappa shape index (κ1) is 17.6. The van der Waals surface area contributed by atoms with Gasteiger partial charge in [0.25, 0.3) is 0 Å².